The van der Waals surface area contributed by atoms with E-state index in [1.807, 2.05) is 0 Å². The fourth-order valence-corrected chi connectivity index (χ4v) is 2.81. The molecule has 0 saturated carbocycles. The Kier molecular flexibility index (Phi) is 9.89. The van der Waals surface area contributed by atoms with Crippen LogP contribution in [0.2, 0.25) is 0 Å². The van der Waals surface area contributed by atoms with E-state index >= 15 is 0 Å². The highest BCUT2D eigenvalue weighted by molar-refractivity contribution is 6.09. The van der Waals surface area contributed by atoms with Crippen molar-refractivity contribution in [2.45, 2.75) is 19.0 Å². The number of anilines is 1. The first kappa shape index (κ1) is 26.7. The molecule has 0 aliphatic carbocycles. The predicted octanol–water partition coefficient (Wildman–Crippen LogP) is 3.64. The number of hydrogen-bond donors (Lipinski definition) is 3. The molecule has 0 unspecified atom stereocenters. The molecule has 0 atom stereocenters. The first-order valence-corrected chi connectivity index (χ1v) is 9.18. The average Bonchev–Trinajstić information content (AvgIpc) is 3.24. The molecule has 7 nitrogen and oxygen atoms in total. The number of alkyl halides is 3. The van der Waals surface area contributed by atoms with Gasteiger partial charge < -0.3 is 21.1 Å². The highest BCUT2D eigenvalue weighted by Gasteiger charge is 2.31. The quantitative estimate of drug-likeness (QED) is 0.457. The van der Waals surface area contributed by atoms with E-state index in [0.29, 0.717) is 19.4 Å². The highest BCUT2D eigenvalue weighted by atomic mass is 35.5. The Hall–Kier alpha value is -3.37. The van der Waals surface area contributed by atoms with Gasteiger partial charge in [-0.2, -0.15) is 13.2 Å². The van der Waals surface area contributed by atoms with Gasteiger partial charge >= 0.3 is 6.18 Å². The number of nitrogens with one attached hydrogen (secondary N) is 3. The smallest absolute Gasteiger partial charge is 0.412 e. The molecule has 2 amide bonds. The van der Waals surface area contributed by atoms with Crippen molar-refractivity contribution in [3.63, 3.8) is 0 Å². The number of benzene rings is 2. The number of rotatable bonds is 7. The van der Waals surface area contributed by atoms with Crippen molar-refractivity contribution in [3.8, 4) is 0 Å². The lowest BCUT2D eigenvalue weighted by atomic mass is 10.1. The zero-order chi connectivity index (χ0) is 21.6. The second-order valence-corrected chi connectivity index (χ2v) is 6.47. The molecule has 1 aromatic heterocycles. The van der Waals surface area contributed by atoms with Crippen molar-refractivity contribution in [1.82, 2.24) is 15.3 Å². The van der Waals surface area contributed by atoms with Crippen LogP contribution in [0.25, 0.3) is 0 Å². The maximum Gasteiger partial charge on any atom is 0.416 e. The number of aryl methyl sites for hydroxylation is 1. The van der Waals surface area contributed by atoms with Gasteiger partial charge in [0.15, 0.2) is 0 Å². The molecule has 0 saturated heterocycles. The number of aromatic amines is 1. The number of carbonyl (C=O) groups is 2. The topological polar surface area (TPSA) is 118 Å². The average molecular weight is 471 g/mol. The lowest BCUT2D eigenvalue weighted by Gasteiger charge is -2.12. The number of amides is 2. The van der Waals surface area contributed by atoms with Crippen LogP contribution in [0.3, 0.4) is 0 Å². The Bertz CT molecular complexity index is 1030. The van der Waals surface area contributed by atoms with Gasteiger partial charge in [0.25, 0.3) is 11.8 Å². The molecule has 0 aliphatic heterocycles. The van der Waals surface area contributed by atoms with Gasteiger partial charge in [0.2, 0.25) is 0 Å². The normalized spacial score (nSPS) is 10.5. The van der Waals surface area contributed by atoms with Gasteiger partial charge in [0, 0.05) is 30.9 Å². The van der Waals surface area contributed by atoms with Crippen LogP contribution in [-0.2, 0) is 12.6 Å². The first-order chi connectivity index (χ1) is 14.3. The van der Waals surface area contributed by atoms with E-state index in [0.717, 1.165) is 24.0 Å². The standard InChI is InChI=1S/C21H19F3N4O2.ClH.H2O/c22-21(23,24)15-6-3-5-14(13-15)19(29)28-17-8-2-1-7-16(17)20(30)27-10-4-9-18-25-11-12-26-18;;/h1-3,5-8,11-13H,4,9-10H2,(H,25,26)(H,27,30)(H,28,29);1H;1H2. The molecule has 0 bridgehead atoms. The van der Waals surface area contributed by atoms with Crippen LogP contribution in [-0.4, -0.2) is 33.8 Å². The van der Waals surface area contributed by atoms with Gasteiger partial charge in [-0.1, -0.05) is 18.2 Å². The molecular formula is C21H22ClF3N4O3. The molecule has 0 spiro atoms. The molecule has 2 aromatic carbocycles. The molecule has 0 fully saturated rings. The number of imidazole rings is 1. The Morgan fingerprint density at radius 3 is 2.47 bits per heavy atom. The summed E-state index contributed by atoms with van der Waals surface area (Å²) in [5, 5.41) is 5.28. The third-order valence-corrected chi connectivity index (χ3v) is 4.30. The zero-order valence-corrected chi connectivity index (χ0v) is 17.5. The lowest BCUT2D eigenvalue weighted by Crippen LogP contribution is -2.26. The minimum Gasteiger partial charge on any atom is -0.412 e. The fraction of sp³-hybridized carbons (Fsp3) is 0.190. The van der Waals surface area contributed by atoms with Crippen molar-refractivity contribution in [1.29, 1.82) is 0 Å². The molecule has 11 heteroatoms. The summed E-state index contributed by atoms with van der Waals surface area (Å²) in [5.41, 5.74) is -0.643. The molecule has 5 N–H and O–H groups in total. The Balaban J connectivity index is 0.00000256. The van der Waals surface area contributed by atoms with E-state index in [-0.39, 0.29) is 34.7 Å². The van der Waals surface area contributed by atoms with Gasteiger partial charge in [-0.15, -0.1) is 12.4 Å². The van der Waals surface area contributed by atoms with Crippen LogP contribution in [0, 0.1) is 0 Å². The van der Waals surface area contributed by atoms with Gasteiger partial charge in [0.1, 0.15) is 5.82 Å². The molecular weight excluding hydrogens is 449 g/mol. The molecule has 32 heavy (non-hydrogen) atoms. The predicted molar refractivity (Wildman–Crippen MR) is 116 cm³/mol. The van der Waals surface area contributed by atoms with Crippen molar-refractivity contribution in [2.24, 2.45) is 0 Å². The largest absolute Gasteiger partial charge is 0.416 e. The van der Waals surface area contributed by atoms with E-state index in [9.17, 15) is 22.8 Å². The number of hydrogen-bond acceptors (Lipinski definition) is 3. The van der Waals surface area contributed by atoms with Crippen LogP contribution < -0.4 is 10.6 Å². The lowest BCUT2D eigenvalue weighted by molar-refractivity contribution is -0.137. The molecule has 0 aliphatic rings. The summed E-state index contributed by atoms with van der Waals surface area (Å²) in [4.78, 5) is 32.0. The number of carbonyl (C=O) groups excluding carboxylic acids is 2. The number of H-pyrrole nitrogens is 1. The molecule has 3 aromatic rings. The monoisotopic (exact) mass is 470 g/mol. The maximum atomic E-state index is 12.9. The third-order valence-electron chi connectivity index (χ3n) is 4.30. The summed E-state index contributed by atoms with van der Waals surface area (Å²) in [6.07, 6.45) is 0.150. The van der Waals surface area contributed by atoms with Gasteiger partial charge in [-0.25, -0.2) is 4.98 Å². The molecule has 172 valence electrons. The van der Waals surface area contributed by atoms with Gasteiger partial charge in [-0.3, -0.25) is 9.59 Å². The molecule has 1 heterocycles. The summed E-state index contributed by atoms with van der Waals surface area (Å²) in [7, 11) is 0. The minimum atomic E-state index is -4.55. The van der Waals surface area contributed by atoms with Crippen molar-refractivity contribution in [2.75, 3.05) is 11.9 Å². The Morgan fingerprint density at radius 1 is 1.03 bits per heavy atom. The third kappa shape index (κ3) is 7.10. The van der Waals surface area contributed by atoms with Crippen LogP contribution in [0.15, 0.2) is 60.9 Å². The van der Waals surface area contributed by atoms with Crippen molar-refractivity contribution < 1.29 is 28.2 Å². The minimum absolute atomic E-state index is 0. The van der Waals surface area contributed by atoms with Crippen molar-refractivity contribution in [3.05, 3.63) is 83.4 Å². The number of aromatic nitrogens is 2. The van der Waals surface area contributed by atoms with Crippen LogP contribution >= 0.6 is 12.4 Å². The van der Waals surface area contributed by atoms with E-state index in [2.05, 4.69) is 20.6 Å². The van der Waals surface area contributed by atoms with Crippen LogP contribution in [0.5, 0.6) is 0 Å². The van der Waals surface area contributed by atoms with Crippen LogP contribution in [0.1, 0.15) is 38.5 Å². The van der Waals surface area contributed by atoms with Gasteiger partial charge in [-0.05, 0) is 36.8 Å². The van der Waals surface area contributed by atoms with E-state index < -0.39 is 23.6 Å². The Morgan fingerprint density at radius 2 is 1.78 bits per heavy atom. The summed E-state index contributed by atoms with van der Waals surface area (Å²) in [6, 6.07) is 10.4. The number of nitrogens with zero attached hydrogens (tertiary/aromatic N) is 1. The Labute approximate surface area is 188 Å². The highest BCUT2D eigenvalue weighted by Crippen LogP contribution is 2.29. The molecule has 3 rings (SSSR count). The van der Waals surface area contributed by atoms with Gasteiger partial charge in [0.05, 0.1) is 16.8 Å². The summed E-state index contributed by atoms with van der Waals surface area (Å²) in [5.74, 6) is -0.313. The second kappa shape index (κ2) is 11.9. The SMILES string of the molecule is Cl.O.O=C(Nc1ccccc1C(=O)NCCCc1ncc[nH]1)c1cccc(C(F)(F)F)c1. The molecule has 0 radical (unpaired) electrons. The van der Waals surface area contributed by atoms with E-state index in [1.54, 1.807) is 24.5 Å². The van der Waals surface area contributed by atoms with E-state index in [4.69, 9.17) is 0 Å². The first-order valence-electron chi connectivity index (χ1n) is 9.18. The van der Waals surface area contributed by atoms with Crippen molar-refractivity contribution >= 4 is 29.9 Å². The maximum absolute atomic E-state index is 12.9. The van der Waals surface area contributed by atoms with E-state index in [1.165, 1.54) is 18.2 Å². The fourth-order valence-electron chi connectivity index (χ4n) is 2.81. The summed E-state index contributed by atoms with van der Waals surface area (Å²) < 4.78 is 38.6. The second-order valence-electron chi connectivity index (χ2n) is 6.47. The zero-order valence-electron chi connectivity index (χ0n) is 16.7. The summed E-state index contributed by atoms with van der Waals surface area (Å²) in [6.45, 7) is 0.398. The number of para-hydroxylation sites is 1. The number of halogens is 4. The van der Waals surface area contributed by atoms with Crippen LogP contribution in [0.4, 0.5) is 18.9 Å². The summed E-state index contributed by atoms with van der Waals surface area (Å²) >= 11 is 0.